The average Bonchev–Trinajstić information content (AvgIpc) is 2.39. The van der Waals surface area contributed by atoms with Crippen molar-refractivity contribution >= 4 is 9.84 Å². The summed E-state index contributed by atoms with van der Waals surface area (Å²) < 4.78 is 23.7. The van der Waals surface area contributed by atoms with Gasteiger partial charge in [-0.05, 0) is 39.7 Å². The molecule has 0 unspecified atom stereocenters. The van der Waals surface area contributed by atoms with Gasteiger partial charge in [-0.2, -0.15) is 0 Å². The van der Waals surface area contributed by atoms with Crippen molar-refractivity contribution in [3.05, 3.63) is 35.4 Å². The number of benzene rings is 1. The molecule has 0 saturated carbocycles. The van der Waals surface area contributed by atoms with Gasteiger partial charge in [-0.15, -0.1) is 0 Å². The summed E-state index contributed by atoms with van der Waals surface area (Å²) >= 11 is 0. The molecule has 0 aliphatic rings. The number of rotatable bonds is 6. The van der Waals surface area contributed by atoms with Crippen LogP contribution in [0.25, 0.3) is 0 Å². The van der Waals surface area contributed by atoms with E-state index in [-0.39, 0.29) is 25.4 Å². The van der Waals surface area contributed by atoms with Crippen molar-refractivity contribution in [2.24, 2.45) is 0 Å². The zero-order valence-corrected chi connectivity index (χ0v) is 14.1. The van der Waals surface area contributed by atoms with E-state index in [1.807, 2.05) is 31.2 Å². The van der Waals surface area contributed by atoms with Gasteiger partial charge >= 0.3 is 0 Å². The number of aliphatic hydroxyl groups is 2. The largest absolute Gasteiger partial charge is 0.395 e. The molecule has 0 aliphatic carbocycles. The molecule has 0 atom stereocenters. The number of sulfone groups is 1. The molecule has 0 spiro atoms. The lowest BCUT2D eigenvalue weighted by molar-refractivity contribution is 0.113. The Kier molecular flexibility index (Phi) is 5.58. The lowest BCUT2D eigenvalue weighted by atomic mass is 9.79. The Morgan fingerprint density at radius 1 is 1.10 bits per heavy atom. The van der Waals surface area contributed by atoms with Gasteiger partial charge in [0.05, 0.1) is 23.7 Å². The highest BCUT2D eigenvalue weighted by Gasteiger charge is 2.36. The molecule has 0 fully saturated rings. The van der Waals surface area contributed by atoms with E-state index in [4.69, 9.17) is 0 Å². The van der Waals surface area contributed by atoms with Crippen molar-refractivity contribution in [2.75, 3.05) is 19.0 Å². The van der Waals surface area contributed by atoms with Crippen molar-refractivity contribution in [3.63, 3.8) is 0 Å². The van der Waals surface area contributed by atoms with Gasteiger partial charge in [0.25, 0.3) is 0 Å². The van der Waals surface area contributed by atoms with Gasteiger partial charge in [0.1, 0.15) is 0 Å². The van der Waals surface area contributed by atoms with E-state index in [1.165, 1.54) is 0 Å². The number of aliphatic hydroxyl groups excluding tert-OH is 2. The first-order valence-electron chi connectivity index (χ1n) is 7.09. The first-order valence-corrected chi connectivity index (χ1v) is 8.74. The normalized spacial score (nSPS) is 13.4. The Bertz CT molecular complexity index is 566. The van der Waals surface area contributed by atoms with Crippen LogP contribution in [0.2, 0.25) is 0 Å². The Morgan fingerprint density at radius 2 is 1.67 bits per heavy atom. The Hall–Kier alpha value is -0.910. The summed E-state index contributed by atoms with van der Waals surface area (Å²) in [5.41, 5.74) is 0.860. The standard InChI is InChI=1S/C16H26O4S/c1-13-6-5-7-14(10-13)16(11-17,12-18)8-9-21(19,20)15(2,3)4/h5-7,10,17-18H,8-9,11-12H2,1-4H3. The average molecular weight is 314 g/mol. The van der Waals surface area contributed by atoms with E-state index in [9.17, 15) is 18.6 Å². The third-order valence-corrected chi connectivity index (χ3v) is 6.63. The molecule has 21 heavy (non-hydrogen) atoms. The SMILES string of the molecule is Cc1cccc(C(CO)(CO)CCS(=O)(=O)C(C)(C)C)c1. The summed E-state index contributed by atoms with van der Waals surface area (Å²) in [5.74, 6) is -0.0639. The van der Waals surface area contributed by atoms with E-state index >= 15 is 0 Å². The topological polar surface area (TPSA) is 74.6 Å². The predicted octanol–water partition coefficient (Wildman–Crippen LogP) is 1.82. The van der Waals surface area contributed by atoms with Gasteiger partial charge in [-0.3, -0.25) is 0 Å². The van der Waals surface area contributed by atoms with Crippen LogP contribution in [0, 0.1) is 6.92 Å². The summed E-state index contributed by atoms with van der Waals surface area (Å²) in [5, 5.41) is 19.5. The minimum absolute atomic E-state index is 0.0639. The first kappa shape index (κ1) is 18.1. The zero-order valence-electron chi connectivity index (χ0n) is 13.3. The van der Waals surface area contributed by atoms with Gasteiger partial charge in [0, 0.05) is 5.41 Å². The molecule has 0 amide bonds. The molecular formula is C16H26O4S. The summed E-state index contributed by atoms with van der Waals surface area (Å²) in [6.45, 7) is 6.34. The van der Waals surface area contributed by atoms with Gasteiger partial charge < -0.3 is 10.2 Å². The summed E-state index contributed by atoms with van der Waals surface area (Å²) in [6.07, 6.45) is 0.197. The van der Waals surface area contributed by atoms with E-state index in [2.05, 4.69) is 0 Å². The van der Waals surface area contributed by atoms with Crippen LogP contribution in [0.1, 0.15) is 38.3 Å². The van der Waals surface area contributed by atoms with Crippen molar-refractivity contribution < 1.29 is 18.6 Å². The molecule has 0 radical (unpaired) electrons. The van der Waals surface area contributed by atoms with Crippen molar-refractivity contribution in [1.29, 1.82) is 0 Å². The number of hydrogen-bond donors (Lipinski definition) is 2. The van der Waals surface area contributed by atoms with Gasteiger partial charge in [0.15, 0.2) is 9.84 Å². The summed E-state index contributed by atoms with van der Waals surface area (Å²) in [4.78, 5) is 0. The third kappa shape index (κ3) is 4.05. The lowest BCUT2D eigenvalue weighted by Crippen LogP contribution is -2.39. The smallest absolute Gasteiger partial charge is 0.155 e. The van der Waals surface area contributed by atoms with Crippen LogP contribution in [-0.4, -0.2) is 42.3 Å². The molecule has 0 aromatic heterocycles. The van der Waals surface area contributed by atoms with Crippen molar-refractivity contribution in [3.8, 4) is 0 Å². The highest BCUT2D eigenvalue weighted by molar-refractivity contribution is 7.92. The fraction of sp³-hybridized carbons (Fsp3) is 0.625. The van der Waals surface area contributed by atoms with Crippen LogP contribution in [0.5, 0.6) is 0 Å². The molecule has 5 heteroatoms. The maximum atomic E-state index is 12.3. The number of hydrogen-bond acceptors (Lipinski definition) is 4. The molecule has 4 nitrogen and oxygen atoms in total. The fourth-order valence-electron chi connectivity index (χ4n) is 2.15. The van der Waals surface area contributed by atoms with Crippen molar-refractivity contribution in [2.45, 2.75) is 44.3 Å². The van der Waals surface area contributed by atoms with Crippen LogP contribution in [-0.2, 0) is 15.3 Å². The van der Waals surface area contributed by atoms with E-state index in [0.717, 1.165) is 11.1 Å². The van der Waals surface area contributed by atoms with Crippen LogP contribution < -0.4 is 0 Å². The third-order valence-electron chi connectivity index (χ3n) is 4.02. The zero-order chi connectivity index (χ0) is 16.3. The quantitative estimate of drug-likeness (QED) is 0.840. The molecular weight excluding hydrogens is 288 g/mol. The molecule has 0 bridgehead atoms. The molecule has 2 N–H and O–H groups in total. The highest BCUT2D eigenvalue weighted by atomic mass is 32.2. The van der Waals surface area contributed by atoms with Crippen LogP contribution >= 0.6 is 0 Å². The second-order valence-electron chi connectivity index (χ2n) is 6.65. The molecule has 0 saturated heterocycles. The second kappa shape index (κ2) is 6.46. The molecule has 120 valence electrons. The fourth-order valence-corrected chi connectivity index (χ4v) is 3.42. The Balaban J connectivity index is 3.09. The summed E-state index contributed by atoms with van der Waals surface area (Å²) in [7, 11) is -3.29. The molecule has 1 aromatic carbocycles. The monoisotopic (exact) mass is 314 g/mol. The predicted molar refractivity (Wildman–Crippen MR) is 85.2 cm³/mol. The maximum Gasteiger partial charge on any atom is 0.155 e. The minimum Gasteiger partial charge on any atom is -0.395 e. The first-order chi connectivity index (χ1) is 9.58. The summed E-state index contributed by atoms with van der Waals surface area (Å²) in [6, 6.07) is 7.48. The van der Waals surface area contributed by atoms with Crippen LogP contribution in [0.15, 0.2) is 24.3 Å². The van der Waals surface area contributed by atoms with E-state index in [1.54, 1.807) is 20.8 Å². The lowest BCUT2D eigenvalue weighted by Gasteiger charge is -2.32. The highest BCUT2D eigenvalue weighted by Crippen LogP contribution is 2.30. The maximum absolute atomic E-state index is 12.3. The molecule has 1 aromatic rings. The van der Waals surface area contributed by atoms with Gasteiger partial charge in [-0.1, -0.05) is 29.8 Å². The van der Waals surface area contributed by atoms with E-state index in [0.29, 0.717) is 0 Å². The Labute approximate surface area is 127 Å². The van der Waals surface area contributed by atoms with Crippen LogP contribution in [0.4, 0.5) is 0 Å². The van der Waals surface area contributed by atoms with Gasteiger partial charge in [0.2, 0.25) is 0 Å². The molecule has 0 aliphatic heterocycles. The number of aryl methyl sites for hydroxylation is 1. The van der Waals surface area contributed by atoms with E-state index < -0.39 is 20.0 Å². The molecule has 1 rings (SSSR count). The van der Waals surface area contributed by atoms with Gasteiger partial charge in [-0.25, -0.2) is 8.42 Å². The van der Waals surface area contributed by atoms with Crippen molar-refractivity contribution in [1.82, 2.24) is 0 Å². The minimum atomic E-state index is -3.29. The van der Waals surface area contributed by atoms with Crippen LogP contribution in [0.3, 0.4) is 0 Å². The molecule has 0 heterocycles. The Morgan fingerprint density at radius 3 is 2.10 bits per heavy atom. The second-order valence-corrected chi connectivity index (χ2v) is 9.51.